The molecule has 0 bridgehead atoms. The number of pyridine rings is 1. The van der Waals surface area contributed by atoms with Crippen LogP contribution in [0.4, 0.5) is 13.2 Å². The van der Waals surface area contributed by atoms with E-state index in [9.17, 15) is 18.0 Å². The summed E-state index contributed by atoms with van der Waals surface area (Å²) in [4.78, 5) is 16.5. The van der Waals surface area contributed by atoms with Gasteiger partial charge >= 0.3 is 6.18 Å². The number of halogens is 3. The summed E-state index contributed by atoms with van der Waals surface area (Å²) in [6, 6.07) is 10.1. The fraction of sp³-hybridized carbons (Fsp3) is 0.200. The minimum atomic E-state index is -4.40. The summed E-state index contributed by atoms with van der Waals surface area (Å²) >= 11 is 1.18. The van der Waals surface area contributed by atoms with E-state index in [1.807, 2.05) is 6.92 Å². The van der Waals surface area contributed by atoms with Gasteiger partial charge in [0.25, 0.3) is 5.91 Å². The topological polar surface area (TPSA) is 51.2 Å². The van der Waals surface area contributed by atoms with Crippen LogP contribution in [0.15, 0.2) is 48.7 Å². The van der Waals surface area contributed by atoms with Crippen molar-refractivity contribution in [1.29, 1.82) is 0 Å². The fourth-order valence-corrected chi connectivity index (χ4v) is 3.11. The van der Waals surface area contributed by atoms with Gasteiger partial charge in [-0.15, -0.1) is 0 Å². The number of ether oxygens (including phenoxy) is 1. The van der Waals surface area contributed by atoms with Crippen LogP contribution < -0.4 is 9.46 Å². The first-order valence-corrected chi connectivity index (χ1v) is 9.63. The second-order valence-electron chi connectivity index (χ2n) is 5.91. The molecule has 0 fully saturated rings. The van der Waals surface area contributed by atoms with Crippen molar-refractivity contribution in [3.05, 3.63) is 59.8 Å². The number of aromatic nitrogens is 1. The minimum Gasteiger partial charge on any atom is -0.494 e. The lowest BCUT2D eigenvalue weighted by molar-refractivity contribution is -0.137. The van der Waals surface area contributed by atoms with Gasteiger partial charge in [-0.3, -0.25) is 14.5 Å². The molecule has 0 saturated carbocycles. The van der Waals surface area contributed by atoms with E-state index in [-0.39, 0.29) is 5.91 Å². The molecule has 0 aliphatic heterocycles. The Morgan fingerprint density at radius 2 is 1.89 bits per heavy atom. The van der Waals surface area contributed by atoms with Crippen LogP contribution in [0.1, 0.15) is 22.8 Å². The number of fused-ring (bicyclic) bond motifs is 1. The summed E-state index contributed by atoms with van der Waals surface area (Å²) < 4.78 is 46.8. The van der Waals surface area contributed by atoms with E-state index < -0.39 is 11.7 Å². The second-order valence-corrected chi connectivity index (χ2v) is 6.52. The van der Waals surface area contributed by atoms with Crippen molar-refractivity contribution in [2.45, 2.75) is 13.1 Å². The van der Waals surface area contributed by atoms with Gasteiger partial charge in [0.05, 0.1) is 23.3 Å². The van der Waals surface area contributed by atoms with Crippen molar-refractivity contribution < 1.29 is 22.7 Å². The van der Waals surface area contributed by atoms with Crippen molar-refractivity contribution in [2.75, 3.05) is 12.9 Å². The number of amides is 1. The zero-order valence-electron chi connectivity index (χ0n) is 15.1. The third-order valence-corrected chi connectivity index (χ3v) is 4.44. The Hall–Kier alpha value is -2.74. The van der Waals surface area contributed by atoms with Gasteiger partial charge < -0.3 is 4.74 Å². The molecule has 0 radical (unpaired) electrons. The zero-order valence-corrected chi connectivity index (χ0v) is 15.9. The molecular formula is C20H17F3N2O2S. The van der Waals surface area contributed by atoms with Crippen LogP contribution in [0.5, 0.6) is 5.75 Å². The van der Waals surface area contributed by atoms with E-state index in [1.54, 1.807) is 24.5 Å². The van der Waals surface area contributed by atoms with Crippen LogP contribution in [0, 0.1) is 0 Å². The van der Waals surface area contributed by atoms with Crippen molar-refractivity contribution in [3.63, 3.8) is 0 Å². The predicted molar refractivity (Wildman–Crippen MR) is 104 cm³/mol. The van der Waals surface area contributed by atoms with Crippen molar-refractivity contribution in [2.24, 2.45) is 0 Å². The van der Waals surface area contributed by atoms with E-state index in [4.69, 9.17) is 4.74 Å². The highest BCUT2D eigenvalue weighted by Gasteiger charge is 2.30. The van der Waals surface area contributed by atoms with Gasteiger partial charge in [-0.2, -0.15) is 13.2 Å². The monoisotopic (exact) mass is 406 g/mol. The SMILES string of the molecule is CCOc1cc(-c2ccc(C(F)(F)F)cc2)c2ncc(C(=O)NSC)cc2c1. The Bertz CT molecular complexity index is 1000. The molecule has 0 unspecified atom stereocenters. The van der Waals surface area contributed by atoms with Gasteiger partial charge in [-0.05, 0) is 42.8 Å². The van der Waals surface area contributed by atoms with E-state index >= 15 is 0 Å². The number of benzene rings is 2. The molecule has 1 N–H and O–H groups in total. The highest BCUT2D eigenvalue weighted by atomic mass is 32.2. The summed E-state index contributed by atoms with van der Waals surface area (Å²) in [7, 11) is 0. The van der Waals surface area contributed by atoms with E-state index in [0.29, 0.717) is 39.9 Å². The van der Waals surface area contributed by atoms with Crippen molar-refractivity contribution in [1.82, 2.24) is 9.71 Å². The van der Waals surface area contributed by atoms with Gasteiger partial charge in [0.15, 0.2) is 0 Å². The maximum absolute atomic E-state index is 12.9. The number of carbonyl (C=O) groups excluding carboxylic acids is 1. The van der Waals surface area contributed by atoms with Gasteiger partial charge in [0, 0.05) is 23.4 Å². The smallest absolute Gasteiger partial charge is 0.416 e. The molecule has 146 valence electrons. The number of hydrogen-bond donors (Lipinski definition) is 1. The first kappa shape index (κ1) is 20.0. The standard InChI is InChI=1S/C20H17F3N2O2S/c1-3-27-16-9-13-8-14(19(26)25-28-2)11-24-18(13)17(10-16)12-4-6-15(7-5-12)20(21,22)23/h4-11H,3H2,1-2H3,(H,25,26). The molecule has 1 amide bonds. The molecule has 0 spiro atoms. The molecule has 1 aromatic heterocycles. The number of nitrogens with zero attached hydrogens (tertiary/aromatic N) is 1. The van der Waals surface area contributed by atoms with Gasteiger partial charge in [-0.25, -0.2) is 0 Å². The van der Waals surface area contributed by atoms with Crippen LogP contribution >= 0.6 is 11.9 Å². The number of hydrogen-bond acceptors (Lipinski definition) is 4. The molecule has 2 aromatic carbocycles. The molecule has 0 saturated heterocycles. The Labute approximate surface area is 164 Å². The Morgan fingerprint density at radius 1 is 1.18 bits per heavy atom. The van der Waals surface area contributed by atoms with Crippen LogP contribution in [0.3, 0.4) is 0 Å². The Morgan fingerprint density at radius 3 is 2.50 bits per heavy atom. The maximum Gasteiger partial charge on any atom is 0.416 e. The molecule has 8 heteroatoms. The number of carbonyl (C=O) groups is 1. The second kappa shape index (κ2) is 8.10. The minimum absolute atomic E-state index is 0.278. The predicted octanol–water partition coefficient (Wildman–Crippen LogP) is 5.33. The Kier molecular flexibility index (Phi) is 5.79. The van der Waals surface area contributed by atoms with E-state index in [0.717, 1.165) is 12.1 Å². The highest BCUT2D eigenvalue weighted by Crippen LogP contribution is 2.35. The fourth-order valence-electron chi connectivity index (χ4n) is 2.81. The summed E-state index contributed by atoms with van der Waals surface area (Å²) in [6.07, 6.45) is -1.21. The average molecular weight is 406 g/mol. The lowest BCUT2D eigenvalue weighted by Crippen LogP contribution is -2.15. The van der Waals surface area contributed by atoms with Gasteiger partial charge in [0.1, 0.15) is 5.75 Å². The molecule has 4 nitrogen and oxygen atoms in total. The molecule has 0 aliphatic rings. The van der Waals surface area contributed by atoms with Crippen LogP contribution in [0.25, 0.3) is 22.0 Å². The molecule has 3 aromatic rings. The Balaban J connectivity index is 2.13. The van der Waals surface area contributed by atoms with Crippen molar-refractivity contribution >= 4 is 28.8 Å². The lowest BCUT2D eigenvalue weighted by atomic mass is 9.99. The number of nitrogens with one attached hydrogen (secondary N) is 1. The quantitative estimate of drug-likeness (QED) is 0.582. The van der Waals surface area contributed by atoms with Gasteiger partial charge in [0.2, 0.25) is 0 Å². The molecule has 0 aliphatic carbocycles. The maximum atomic E-state index is 12.9. The van der Waals surface area contributed by atoms with Gasteiger partial charge in [-0.1, -0.05) is 24.1 Å². The van der Waals surface area contributed by atoms with Crippen LogP contribution in [-0.4, -0.2) is 23.8 Å². The summed E-state index contributed by atoms with van der Waals surface area (Å²) in [5.41, 5.74) is 1.45. The molecule has 28 heavy (non-hydrogen) atoms. The van der Waals surface area contributed by atoms with Crippen molar-refractivity contribution in [3.8, 4) is 16.9 Å². The third kappa shape index (κ3) is 4.22. The molecular weight excluding hydrogens is 389 g/mol. The number of rotatable bonds is 5. The number of alkyl halides is 3. The van der Waals surface area contributed by atoms with E-state index in [2.05, 4.69) is 9.71 Å². The normalized spacial score (nSPS) is 11.5. The molecule has 3 rings (SSSR count). The highest BCUT2D eigenvalue weighted by molar-refractivity contribution is 7.97. The largest absolute Gasteiger partial charge is 0.494 e. The van der Waals surface area contributed by atoms with Crippen LogP contribution in [0.2, 0.25) is 0 Å². The van der Waals surface area contributed by atoms with Crippen LogP contribution in [-0.2, 0) is 6.18 Å². The lowest BCUT2D eigenvalue weighted by Gasteiger charge is -2.13. The summed E-state index contributed by atoms with van der Waals surface area (Å²) in [5.74, 6) is 0.272. The first-order valence-electron chi connectivity index (χ1n) is 8.41. The first-order chi connectivity index (χ1) is 13.3. The van der Waals surface area contributed by atoms with E-state index in [1.165, 1.54) is 30.3 Å². The summed E-state index contributed by atoms with van der Waals surface area (Å²) in [6.45, 7) is 2.26. The zero-order chi connectivity index (χ0) is 20.3. The third-order valence-electron chi connectivity index (χ3n) is 4.05. The summed E-state index contributed by atoms with van der Waals surface area (Å²) in [5, 5.41) is 0.662. The molecule has 1 heterocycles. The molecule has 0 atom stereocenters. The average Bonchev–Trinajstić information content (AvgIpc) is 2.67.